The summed E-state index contributed by atoms with van der Waals surface area (Å²) in [6.07, 6.45) is 1.74. The minimum Gasteiger partial charge on any atom is -0.484 e. The van der Waals surface area contributed by atoms with Crippen molar-refractivity contribution in [2.45, 2.75) is 37.8 Å². The Morgan fingerprint density at radius 3 is 2.64 bits per heavy atom. The molecule has 0 aliphatic heterocycles. The second-order valence-corrected chi connectivity index (χ2v) is 9.87. The van der Waals surface area contributed by atoms with Crippen molar-refractivity contribution in [1.29, 1.82) is 0 Å². The van der Waals surface area contributed by atoms with E-state index in [0.29, 0.717) is 35.6 Å². The average Bonchev–Trinajstić information content (AvgIpc) is 3.13. The van der Waals surface area contributed by atoms with Crippen LogP contribution in [0.2, 0.25) is 10.0 Å². The molecule has 33 heavy (non-hydrogen) atoms. The molecule has 172 valence electrons. The molecule has 1 unspecified atom stereocenters. The van der Waals surface area contributed by atoms with Crippen LogP contribution in [0.4, 0.5) is 4.39 Å². The highest BCUT2D eigenvalue weighted by Crippen LogP contribution is 2.67. The van der Waals surface area contributed by atoms with Crippen molar-refractivity contribution < 1.29 is 23.1 Å². The van der Waals surface area contributed by atoms with Crippen LogP contribution in [0, 0.1) is 11.2 Å². The molecule has 9 heteroatoms. The highest BCUT2D eigenvalue weighted by atomic mass is 35.5. The van der Waals surface area contributed by atoms with Crippen LogP contribution in [0.25, 0.3) is 11.0 Å². The van der Waals surface area contributed by atoms with Crippen molar-refractivity contribution in [3.8, 4) is 5.75 Å². The Morgan fingerprint density at radius 2 is 1.91 bits per heavy atom. The number of hydrogen-bond donors (Lipinski definition) is 2. The third-order valence-electron chi connectivity index (χ3n) is 6.45. The maximum Gasteiger partial charge on any atom is 0.258 e. The number of ether oxygens (including phenoxy) is 1. The molecule has 1 heterocycles. The molecule has 0 spiro atoms. The molecule has 3 aromatic rings. The zero-order chi connectivity index (χ0) is 23.4. The van der Waals surface area contributed by atoms with Crippen molar-refractivity contribution >= 4 is 46.0 Å². The van der Waals surface area contributed by atoms with E-state index in [1.807, 2.05) is 19.1 Å². The second-order valence-electron chi connectivity index (χ2n) is 9.03. The number of furan rings is 1. The minimum atomic E-state index is -0.609. The molecule has 0 saturated heterocycles. The maximum absolute atomic E-state index is 13.5. The summed E-state index contributed by atoms with van der Waals surface area (Å²) in [7, 11) is 0. The van der Waals surface area contributed by atoms with Gasteiger partial charge < -0.3 is 19.8 Å². The van der Waals surface area contributed by atoms with Gasteiger partial charge in [-0.05, 0) is 62.6 Å². The zero-order valence-electron chi connectivity index (χ0n) is 17.7. The van der Waals surface area contributed by atoms with Gasteiger partial charge in [-0.2, -0.15) is 0 Å². The molecule has 6 rings (SSSR count). The van der Waals surface area contributed by atoms with Crippen molar-refractivity contribution in [3.63, 3.8) is 0 Å². The molecule has 3 fully saturated rings. The average molecular weight is 491 g/mol. The summed E-state index contributed by atoms with van der Waals surface area (Å²) in [6.45, 7) is 1.63. The van der Waals surface area contributed by atoms with E-state index in [1.54, 1.807) is 12.1 Å². The normalized spacial score (nSPS) is 23.9. The Kier molecular flexibility index (Phi) is 5.29. The minimum absolute atomic E-state index is 0.0109. The van der Waals surface area contributed by atoms with Crippen molar-refractivity contribution in [2.75, 3.05) is 6.61 Å². The smallest absolute Gasteiger partial charge is 0.258 e. The molecule has 2 bridgehead atoms. The molecule has 2 amide bonds. The number of amides is 2. The summed E-state index contributed by atoms with van der Waals surface area (Å²) < 4.78 is 24.6. The van der Waals surface area contributed by atoms with Crippen molar-refractivity contribution in [1.82, 2.24) is 10.6 Å². The summed E-state index contributed by atoms with van der Waals surface area (Å²) in [6, 6.07) is 11.0. The quantitative estimate of drug-likeness (QED) is 0.478. The Morgan fingerprint density at radius 1 is 1.15 bits per heavy atom. The Balaban J connectivity index is 1.11. The SMILES string of the molecule is CC(NC(=O)C12CC(NC(=O)COc3ccc(Cl)c(F)c3)(C1)C2)c1cc2cc(Cl)ccc2o1. The fraction of sp³-hybridized carbons (Fsp3) is 0.333. The second kappa shape index (κ2) is 7.92. The predicted molar refractivity (Wildman–Crippen MR) is 122 cm³/mol. The lowest BCUT2D eigenvalue weighted by atomic mass is 9.39. The van der Waals surface area contributed by atoms with Crippen molar-refractivity contribution in [2.24, 2.45) is 5.41 Å². The Bertz CT molecular complexity index is 1250. The van der Waals surface area contributed by atoms with E-state index in [-0.39, 0.29) is 40.8 Å². The third-order valence-corrected chi connectivity index (χ3v) is 6.99. The van der Waals surface area contributed by atoms with Gasteiger partial charge in [0.2, 0.25) is 5.91 Å². The number of nitrogens with one attached hydrogen (secondary N) is 2. The lowest BCUT2D eigenvalue weighted by Gasteiger charge is -2.69. The van der Waals surface area contributed by atoms with Gasteiger partial charge in [-0.3, -0.25) is 9.59 Å². The van der Waals surface area contributed by atoms with Crippen LogP contribution in [-0.2, 0) is 9.59 Å². The number of benzene rings is 2. The van der Waals surface area contributed by atoms with E-state index >= 15 is 0 Å². The number of hydrogen-bond acceptors (Lipinski definition) is 4. The van der Waals surface area contributed by atoms with E-state index in [4.69, 9.17) is 32.4 Å². The van der Waals surface area contributed by atoms with E-state index < -0.39 is 11.2 Å². The first-order valence-electron chi connectivity index (χ1n) is 10.6. The van der Waals surface area contributed by atoms with E-state index in [2.05, 4.69) is 10.6 Å². The number of carbonyl (C=O) groups excluding carboxylic acids is 2. The van der Waals surface area contributed by atoms with Gasteiger partial charge in [-0.25, -0.2) is 4.39 Å². The number of fused-ring (bicyclic) bond motifs is 1. The van der Waals surface area contributed by atoms with Gasteiger partial charge in [0.1, 0.15) is 22.9 Å². The van der Waals surface area contributed by atoms with Gasteiger partial charge in [-0.1, -0.05) is 23.2 Å². The first-order chi connectivity index (χ1) is 15.7. The summed E-state index contributed by atoms with van der Waals surface area (Å²) in [5.74, 6) is -0.0816. The number of rotatable bonds is 7. The van der Waals surface area contributed by atoms with Gasteiger partial charge in [0, 0.05) is 22.0 Å². The van der Waals surface area contributed by atoms with Crippen LogP contribution >= 0.6 is 23.2 Å². The lowest BCUT2D eigenvalue weighted by molar-refractivity contribution is -0.184. The van der Waals surface area contributed by atoms with Crippen LogP contribution in [0.3, 0.4) is 0 Å². The van der Waals surface area contributed by atoms with Crippen LogP contribution < -0.4 is 15.4 Å². The predicted octanol–water partition coefficient (Wildman–Crippen LogP) is 5.17. The number of halogens is 3. The molecule has 1 atom stereocenters. The van der Waals surface area contributed by atoms with Gasteiger partial charge in [0.25, 0.3) is 5.91 Å². The van der Waals surface area contributed by atoms with Crippen LogP contribution in [-0.4, -0.2) is 24.0 Å². The van der Waals surface area contributed by atoms with Crippen molar-refractivity contribution in [3.05, 3.63) is 64.1 Å². The molecule has 1 aromatic heterocycles. The zero-order valence-corrected chi connectivity index (χ0v) is 19.2. The van der Waals surface area contributed by atoms with Gasteiger partial charge >= 0.3 is 0 Å². The topological polar surface area (TPSA) is 80.6 Å². The summed E-state index contributed by atoms with van der Waals surface area (Å²) in [5.41, 5.74) is -0.120. The molecule has 0 radical (unpaired) electrons. The van der Waals surface area contributed by atoms with Crippen LogP contribution in [0.15, 0.2) is 46.9 Å². The molecule has 3 aliphatic rings. The number of carbonyl (C=O) groups is 2. The summed E-state index contributed by atoms with van der Waals surface area (Å²) >= 11 is 11.7. The molecule has 2 N–H and O–H groups in total. The lowest BCUT2D eigenvalue weighted by Crippen LogP contribution is -2.78. The molecule has 3 aliphatic carbocycles. The van der Waals surface area contributed by atoms with Gasteiger partial charge in [0.05, 0.1) is 16.5 Å². The molecular weight excluding hydrogens is 470 g/mol. The van der Waals surface area contributed by atoms with E-state index in [1.165, 1.54) is 12.1 Å². The monoisotopic (exact) mass is 490 g/mol. The van der Waals surface area contributed by atoms with Gasteiger partial charge in [-0.15, -0.1) is 0 Å². The van der Waals surface area contributed by atoms with E-state index in [0.717, 1.165) is 11.5 Å². The highest BCUT2D eigenvalue weighted by Gasteiger charge is 2.72. The van der Waals surface area contributed by atoms with Crippen LogP contribution in [0.1, 0.15) is 38.0 Å². The molecular formula is C24H21Cl2FN2O4. The largest absolute Gasteiger partial charge is 0.484 e. The molecule has 6 nitrogen and oxygen atoms in total. The van der Waals surface area contributed by atoms with Gasteiger partial charge in [0.15, 0.2) is 6.61 Å². The Hall–Kier alpha value is -2.77. The Labute approximate surface area is 199 Å². The first-order valence-corrected chi connectivity index (χ1v) is 11.3. The molecule has 3 saturated carbocycles. The highest BCUT2D eigenvalue weighted by molar-refractivity contribution is 6.31. The fourth-order valence-electron chi connectivity index (χ4n) is 4.88. The summed E-state index contributed by atoms with van der Waals surface area (Å²) in [4.78, 5) is 25.1. The van der Waals surface area contributed by atoms with Crippen LogP contribution in [0.5, 0.6) is 5.75 Å². The third kappa shape index (κ3) is 4.04. The summed E-state index contributed by atoms with van der Waals surface area (Å²) in [5, 5.41) is 7.47. The standard InChI is InChI=1S/C24H21Cl2FN2O4/c1-13(20-7-14-6-15(25)2-5-19(14)33-20)28-22(31)23-10-24(11-23,12-23)29-21(30)9-32-16-3-4-17(26)18(27)8-16/h2-8,13H,9-12H2,1H3,(H,28,31)(H,29,30). The molecule has 2 aromatic carbocycles. The van der Waals surface area contributed by atoms with E-state index in [9.17, 15) is 14.0 Å². The maximum atomic E-state index is 13.5. The fourth-order valence-corrected chi connectivity index (χ4v) is 5.18. The first kappa shape index (κ1) is 22.0.